The molecule has 0 aromatic carbocycles. The summed E-state index contributed by atoms with van der Waals surface area (Å²) in [6, 6.07) is 2.88. The molecule has 260 valence electrons. The lowest BCUT2D eigenvalue weighted by Crippen LogP contribution is -2.56. The number of aromatic nitrogens is 3. The first-order valence-corrected chi connectivity index (χ1v) is 18.7. The molecule has 12 nitrogen and oxygen atoms in total. The van der Waals surface area contributed by atoms with E-state index in [0.29, 0.717) is 53.8 Å². The lowest BCUT2D eigenvalue weighted by atomic mass is 9.62. The van der Waals surface area contributed by atoms with Crippen molar-refractivity contribution < 1.29 is 23.5 Å². The molecule has 3 aromatic rings. The Kier molecular flexibility index (Phi) is 7.79. The van der Waals surface area contributed by atoms with Gasteiger partial charge < -0.3 is 29.2 Å². The van der Waals surface area contributed by atoms with E-state index in [4.69, 9.17) is 44.3 Å². The molecule has 4 aliphatic heterocycles. The van der Waals surface area contributed by atoms with Crippen molar-refractivity contribution >= 4 is 16.3 Å². The second kappa shape index (κ2) is 12.0. The third-order valence-electron chi connectivity index (χ3n) is 12.4. The van der Waals surface area contributed by atoms with Crippen molar-refractivity contribution in [3.63, 3.8) is 0 Å². The normalized spacial score (nSPS) is 30.6. The van der Waals surface area contributed by atoms with Crippen LogP contribution >= 0.6 is 11.3 Å². The number of fused-ring (bicyclic) bond motifs is 6. The summed E-state index contributed by atoms with van der Waals surface area (Å²) in [5, 5.41) is 15.6. The molecule has 9 rings (SSSR count). The van der Waals surface area contributed by atoms with Crippen LogP contribution in [0.1, 0.15) is 84.0 Å². The molecule has 5 atom stereocenters. The summed E-state index contributed by atoms with van der Waals surface area (Å²) in [5.74, 6) is 1.73. The fraction of sp³-hybridized carbons (Fsp3) is 0.667. The van der Waals surface area contributed by atoms with Crippen LogP contribution in [0.4, 0.5) is 5.00 Å². The first kappa shape index (κ1) is 31.8. The Bertz CT molecular complexity index is 1810. The molecule has 7 heterocycles. The Labute approximate surface area is 290 Å². The molecule has 3 aromatic heterocycles. The standard InChI is InChI=1S/C36H45N7O5S/c1-20(28-25(44-3)8-12-42(28)2)47-34-24-15-43(21-16-46-17-21)18-35(11-13-45-19-35)30(24)39-33(40-34)29-22-6-4-9-36(31(22)41-48-29)10-5-7-26-27(36)23(14-37)32(38)49-26/h20-21,25,28H,4-13,15-19,38H2,1-3H3/t20-,25-,28+,35-,36-/m0/s1. The fourth-order valence-corrected chi connectivity index (χ4v) is 11.1. The lowest BCUT2D eigenvalue weighted by molar-refractivity contribution is -0.0792. The highest BCUT2D eigenvalue weighted by atomic mass is 32.1. The summed E-state index contributed by atoms with van der Waals surface area (Å²) in [4.78, 5) is 16.7. The SMILES string of the molecule is CO[C@H]1CCN(C)[C@@H]1[C@H](C)Oc1nc(-c2onc3c2CCC[C@@]32CCCc3sc(N)c(C#N)c32)nc2c1CN(C1COC1)C[C@]21CCOC1. The van der Waals surface area contributed by atoms with Crippen molar-refractivity contribution in [2.75, 3.05) is 59.4 Å². The van der Waals surface area contributed by atoms with Crippen LogP contribution in [0, 0.1) is 11.3 Å². The Morgan fingerprint density at radius 3 is 2.67 bits per heavy atom. The fourth-order valence-electron chi connectivity index (χ4n) is 9.91. The largest absolute Gasteiger partial charge is 0.473 e. The van der Waals surface area contributed by atoms with E-state index < -0.39 is 5.41 Å². The molecule has 0 amide bonds. The average molecular weight is 688 g/mol. The van der Waals surface area contributed by atoms with Gasteiger partial charge in [0.15, 0.2) is 0 Å². The smallest absolute Gasteiger partial charge is 0.222 e. The van der Waals surface area contributed by atoms with E-state index in [1.54, 1.807) is 18.4 Å². The number of nitrogens with zero attached hydrogens (tertiary/aromatic N) is 6. The van der Waals surface area contributed by atoms with Crippen LogP contribution in [-0.4, -0.2) is 103 Å². The molecule has 0 saturated carbocycles. The highest BCUT2D eigenvalue weighted by Crippen LogP contribution is 2.55. The van der Waals surface area contributed by atoms with E-state index in [-0.39, 0.29) is 23.7 Å². The van der Waals surface area contributed by atoms with Gasteiger partial charge in [-0.1, -0.05) is 5.16 Å². The summed E-state index contributed by atoms with van der Waals surface area (Å²) >= 11 is 1.56. The minimum Gasteiger partial charge on any atom is -0.473 e. The zero-order chi connectivity index (χ0) is 33.5. The molecule has 6 aliphatic rings. The maximum Gasteiger partial charge on any atom is 0.222 e. The van der Waals surface area contributed by atoms with E-state index in [1.807, 2.05) is 0 Å². The van der Waals surface area contributed by atoms with Gasteiger partial charge in [0.1, 0.15) is 17.2 Å². The van der Waals surface area contributed by atoms with Crippen molar-refractivity contribution in [3.05, 3.63) is 38.5 Å². The number of aryl methyl sites for hydroxylation is 1. The Balaban J connectivity index is 1.18. The highest BCUT2D eigenvalue weighted by molar-refractivity contribution is 7.16. The number of anilines is 1. The molecular formula is C36H45N7O5S. The number of methoxy groups -OCH3 is 1. The van der Waals surface area contributed by atoms with Gasteiger partial charge in [0.2, 0.25) is 17.5 Å². The number of thiophene rings is 1. The van der Waals surface area contributed by atoms with Gasteiger partial charge >= 0.3 is 0 Å². The molecule has 0 radical (unpaired) electrons. The maximum absolute atomic E-state index is 10.2. The number of nitriles is 1. The van der Waals surface area contributed by atoms with Crippen molar-refractivity contribution in [2.24, 2.45) is 0 Å². The van der Waals surface area contributed by atoms with Crippen LogP contribution in [-0.2, 0) is 44.4 Å². The molecular weight excluding hydrogens is 643 g/mol. The van der Waals surface area contributed by atoms with Gasteiger partial charge in [-0.3, -0.25) is 9.80 Å². The van der Waals surface area contributed by atoms with E-state index >= 15 is 0 Å². The number of ether oxygens (including phenoxy) is 4. The summed E-state index contributed by atoms with van der Waals surface area (Å²) in [5.41, 5.74) is 11.4. The van der Waals surface area contributed by atoms with Gasteiger partial charge in [0.25, 0.3) is 0 Å². The molecule has 13 heteroatoms. The Morgan fingerprint density at radius 2 is 1.94 bits per heavy atom. The monoisotopic (exact) mass is 687 g/mol. The second-order valence-electron chi connectivity index (χ2n) is 15.1. The average Bonchev–Trinajstić information content (AvgIpc) is 3.86. The molecule has 0 unspecified atom stereocenters. The first-order chi connectivity index (χ1) is 23.9. The van der Waals surface area contributed by atoms with Gasteiger partial charge in [0.05, 0.1) is 65.9 Å². The van der Waals surface area contributed by atoms with E-state index in [9.17, 15) is 5.26 Å². The third-order valence-corrected chi connectivity index (χ3v) is 13.5. The van der Waals surface area contributed by atoms with Crippen LogP contribution in [0.15, 0.2) is 4.52 Å². The van der Waals surface area contributed by atoms with Crippen molar-refractivity contribution in [3.8, 4) is 23.5 Å². The number of nitrogen functional groups attached to an aromatic ring is 1. The zero-order valence-corrected chi connectivity index (χ0v) is 29.4. The van der Waals surface area contributed by atoms with Crippen LogP contribution in [0.5, 0.6) is 5.88 Å². The molecule has 3 saturated heterocycles. The molecule has 3 fully saturated rings. The molecule has 2 aliphatic carbocycles. The topological polar surface area (TPSA) is 145 Å². The van der Waals surface area contributed by atoms with Gasteiger partial charge in [0, 0.05) is 49.2 Å². The number of hydrogen-bond donors (Lipinski definition) is 1. The van der Waals surface area contributed by atoms with Crippen LogP contribution < -0.4 is 10.5 Å². The molecule has 49 heavy (non-hydrogen) atoms. The number of hydrogen-bond acceptors (Lipinski definition) is 13. The summed E-state index contributed by atoms with van der Waals surface area (Å²) in [6.07, 6.45) is 7.30. The first-order valence-electron chi connectivity index (χ1n) is 17.9. The Hall–Kier alpha value is -3.12. The van der Waals surface area contributed by atoms with Crippen LogP contribution in [0.2, 0.25) is 0 Å². The predicted octanol–water partition coefficient (Wildman–Crippen LogP) is 3.96. The second-order valence-corrected chi connectivity index (χ2v) is 16.2. The van der Waals surface area contributed by atoms with E-state index in [2.05, 4.69) is 29.8 Å². The molecule has 2 N–H and O–H groups in total. The van der Waals surface area contributed by atoms with E-state index in [0.717, 1.165) is 106 Å². The number of nitrogens with two attached hydrogens (primary N) is 1. The highest BCUT2D eigenvalue weighted by Gasteiger charge is 2.51. The summed E-state index contributed by atoms with van der Waals surface area (Å²) in [7, 11) is 3.93. The van der Waals surface area contributed by atoms with E-state index in [1.165, 1.54) is 4.88 Å². The van der Waals surface area contributed by atoms with Gasteiger partial charge in [-0.15, -0.1) is 11.3 Å². The minimum atomic E-state index is -0.391. The van der Waals surface area contributed by atoms with Gasteiger partial charge in [-0.05, 0) is 70.9 Å². The number of likely N-dealkylation sites (N-methyl/N-ethyl adjacent to an activating group) is 1. The predicted molar refractivity (Wildman–Crippen MR) is 182 cm³/mol. The van der Waals surface area contributed by atoms with Crippen molar-refractivity contribution in [2.45, 2.75) is 100.0 Å². The number of likely N-dealkylation sites (tertiary alicyclic amines) is 1. The molecule has 2 spiro atoms. The van der Waals surface area contributed by atoms with Crippen LogP contribution in [0.25, 0.3) is 11.6 Å². The third kappa shape index (κ3) is 4.82. The van der Waals surface area contributed by atoms with Gasteiger partial charge in [-0.2, -0.15) is 10.2 Å². The summed E-state index contributed by atoms with van der Waals surface area (Å²) < 4.78 is 31.0. The lowest BCUT2D eigenvalue weighted by Gasteiger charge is -2.46. The minimum absolute atomic E-state index is 0.0812. The van der Waals surface area contributed by atoms with Crippen molar-refractivity contribution in [1.82, 2.24) is 24.9 Å². The summed E-state index contributed by atoms with van der Waals surface area (Å²) in [6.45, 7) is 7.39. The van der Waals surface area contributed by atoms with Crippen LogP contribution in [0.3, 0.4) is 0 Å². The number of rotatable bonds is 6. The van der Waals surface area contributed by atoms with Crippen molar-refractivity contribution in [1.29, 1.82) is 5.26 Å². The van der Waals surface area contributed by atoms with Gasteiger partial charge in [-0.25, -0.2) is 4.98 Å². The molecule has 0 bridgehead atoms. The quantitative estimate of drug-likeness (QED) is 0.400. The maximum atomic E-state index is 10.2. The Morgan fingerprint density at radius 1 is 1.10 bits per heavy atom. The zero-order valence-electron chi connectivity index (χ0n) is 28.6.